The monoisotopic (exact) mass is 268 g/mol. The van der Waals surface area contributed by atoms with Gasteiger partial charge in [-0.2, -0.15) is 0 Å². The van der Waals surface area contributed by atoms with Crippen molar-refractivity contribution in [3.63, 3.8) is 0 Å². The van der Waals surface area contributed by atoms with Crippen molar-refractivity contribution < 1.29 is 13.6 Å². The van der Waals surface area contributed by atoms with Crippen LogP contribution in [0.5, 0.6) is 0 Å². The molecule has 0 saturated carbocycles. The summed E-state index contributed by atoms with van der Waals surface area (Å²) in [6, 6.07) is 7.51. The molecule has 0 saturated heterocycles. The predicted molar refractivity (Wildman–Crippen MR) is 57.2 cm³/mol. The minimum atomic E-state index is -0.326. The lowest BCUT2D eigenvalue weighted by Gasteiger charge is -2.00. The van der Waals surface area contributed by atoms with Crippen molar-refractivity contribution in [1.29, 1.82) is 0 Å². The van der Waals surface area contributed by atoms with E-state index in [1.165, 1.54) is 12.1 Å². The maximum absolute atomic E-state index is 12.8. The average Bonchev–Trinajstić information content (AvgIpc) is 2.66. The summed E-state index contributed by atoms with van der Waals surface area (Å²) in [4.78, 5) is 10.4. The molecule has 76 valence electrons. The topological polar surface area (TPSA) is 30.2 Å². The Morgan fingerprint density at radius 3 is 2.67 bits per heavy atom. The zero-order valence-corrected chi connectivity index (χ0v) is 9.12. The van der Waals surface area contributed by atoms with Gasteiger partial charge in [0, 0.05) is 10.0 Å². The molecule has 0 atom stereocenters. The molecule has 0 aliphatic heterocycles. The lowest BCUT2D eigenvalue weighted by molar-refractivity contribution is 0.110. The molecule has 1 heterocycles. The third-order valence-corrected chi connectivity index (χ3v) is 2.60. The Bertz CT molecular complexity index is 505. The van der Waals surface area contributed by atoms with Crippen LogP contribution in [0.4, 0.5) is 4.39 Å². The number of hydrogen-bond acceptors (Lipinski definition) is 2. The second kappa shape index (κ2) is 3.98. The van der Waals surface area contributed by atoms with Crippen LogP contribution in [-0.4, -0.2) is 6.29 Å². The molecule has 0 bridgehead atoms. The van der Waals surface area contributed by atoms with Gasteiger partial charge in [0.1, 0.15) is 11.6 Å². The molecule has 0 aliphatic carbocycles. The van der Waals surface area contributed by atoms with E-state index in [4.69, 9.17) is 4.42 Å². The molecule has 2 aromatic rings. The van der Waals surface area contributed by atoms with Crippen LogP contribution in [-0.2, 0) is 0 Å². The van der Waals surface area contributed by atoms with Gasteiger partial charge in [-0.3, -0.25) is 4.79 Å². The van der Waals surface area contributed by atoms with E-state index >= 15 is 0 Å². The first-order chi connectivity index (χ1) is 7.20. The largest absolute Gasteiger partial charge is 0.453 e. The maximum Gasteiger partial charge on any atom is 0.185 e. The van der Waals surface area contributed by atoms with Crippen LogP contribution in [0.2, 0.25) is 0 Å². The molecule has 1 aromatic carbocycles. The summed E-state index contributed by atoms with van der Waals surface area (Å²) in [7, 11) is 0. The SMILES string of the molecule is O=Cc1ccc(-c2ccc(F)cc2Br)o1. The van der Waals surface area contributed by atoms with E-state index in [0.717, 1.165) is 0 Å². The fraction of sp³-hybridized carbons (Fsp3) is 0. The second-order valence-electron chi connectivity index (χ2n) is 2.94. The molecule has 1 aromatic heterocycles. The summed E-state index contributed by atoms with van der Waals surface area (Å²) in [5, 5.41) is 0. The summed E-state index contributed by atoms with van der Waals surface area (Å²) in [5.74, 6) is 0.456. The van der Waals surface area contributed by atoms with Crippen molar-refractivity contribution in [2.45, 2.75) is 0 Å². The van der Waals surface area contributed by atoms with Gasteiger partial charge >= 0.3 is 0 Å². The molecular weight excluding hydrogens is 263 g/mol. The molecule has 0 N–H and O–H groups in total. The first-order valence-electron chi connectivity index (χ1n) is 4.21. The lowest BCUT2D eigenvalue weighted by Crippen LogP contribution is -1.79. The van der Waals surface area contributed by atoms with Gasteiger partial charge in [-0.1, -0.05) is 0 Å². The lowest BCUT2D eigenvalue weighted by atomic mass is 10.2. The standard InChI is InChI=1S/C11H6BrFO2/c12-10-5-7(13)1-3-9(10)11-4-2-8(6-14)15-11/h1-6H. The Balaban J connectivity index is 2.49. The van der Waals surface area contributed by atoms with Crippen LogP contribution in [0.25, 0.3) is 11.3 Å². The molecule has 0 radical (unpaired) electrons. The number of carbonyl (C=O) groups excluding carboxylic acids is 1. The Labute approximate surface area is 93.8 Å². The zero-order valence-electron chi connectivity index (χ0n) is 7.54. The van der Waals surface area contributed by atoms with Gasteiger partial charge in [0.15, 0.2) is 12.0 Å². The maximum atomic E-state index is 12.8. The van der Waals surface area contributed by atoms with Gasteiger partial charge < -0.3 is 4.42 Å². The highest BCUT2D eigenvalue weighted by Crippen LogP contribution is 2.29. The van der Waals surface area contributed by atoms with Gasteiger partial charge in [0.2, 0.25) is 0 Å². The highest BCUT2D eigenvalue weighted by Gasteiger charge is 2.08. The molecule has 0 spiro atoms. The zero-order chi connectivity index (χ0) is 10.8. The van der Waals surface area contributed by atoms with Crippen LogP contribution in [0.15, 0.2) is 39.2 Å². The summed E-state index contributed by atoms with van der Waals surface area (Å²) < 4.78 is 18.6. The normalized spacial score (nSPS) is 10.3. The fourth-order valence-electron chi connectivity index (χ4n) is 1.25. The van der Waals surface area contributed by atoms with Gasteiger partial charge in [-0.15, -0.1) is 0 Å². The van der Waals surface area contributed by atoms with E-state index in [1.807, 2.05) is 0 Å². The van der Waals surface area contributed by atoms with Gasteiger partial charge in [-0.25, -0.2) is 4.39 Å². The van der Waals surface area contributed by atoms with E-state index in [2.05, 4.69) is 15.9 Å². The van der Waals surface area contributed by atoms with Gasteiger partial charge in [-0.05, 0) is 46.3 Å². The molecule has 0 aliphatic rings. The van der Waals surface area contributed by atoms with Crippen molar-refractivity contribution in [3.05, 3.63) is 46.4 Å². The number of hydrogen-bond donors (Lipinski definition) is 0. The van der Waals surface area contributed by atoms with E-state index in [1.54, 1.807) is 18.2 Å². The smallest absolute Gasteiger partial charge is 0.185 e. The highest BCUT2D eigenvalue weighted by molar-refractivity contribution is 9.10. The number of benzene rings is 1. The fourth-order valence-corrected chi connectivity index (χ4v) is 1.80. The van der Waals surface area contributed by atoms with Crippen LogP contribution in [0.1, 0.15) is 10.6 Å². The Hall–Kier alpha value is -1.42. The predicted octanol–water partition coefficient (Wildman–Crippen LogP) is 3.66. The highest BCUT2D eigenvalue weighted by atomic mass is 79.9. The first kappa shape index (κ1) is 10.1. The number of carbonyl (C=O) groups is 1. The van der Waals surface area contributed by atoms with Crippen molar-refractivity contribution in [3.8, 4) is 11.3 Å². The van der Waals surface area contributed by atoms with E-state index in [9.17, 15) is 9.18 Å². The van der Waals surface area contributed by atoms with Crippen LogP contribution in [0, 0.1) is 5.82 Å². The van der Waals surface area contributed by atoms with Crippen molar-refractivity contribution >= 4 is 22.2 Å². The first-order valence-corrected chi connectivity index (χ1v) is 5.00. The number of halogens is 2. The summed E-state index contributed by atoms with van der Waals surface area (Å²) in [6.45, 7) is 0. The van der Waals surface area contributed by atoms with E-state index in [0.29, 0.717) is 22.1 Å². The van der Waals surface area contributed by atoms with Crippen LogP contribution >= 0.6 is 15.9 Å². The van der Waals surface area contributed by atoms with Gasteiger partial charge in [0.25, 0.3) is 0 Å². The van der Waals surface area contributed by atoms with Crippen LogP contribution in [0.3, 0.4) is 0 Å². The molecule has 15 heavy (non-hydrogen) atoms. The second-order valence-corrected chi connectivity index (χ2v) is 3.80. The Morgan fingerprint density at radius 2 is 2.07 bits per heavy atom. The summed E-state index contributed by atoms with van der Waals surface area (Å²) in [5.41, 5.74) is 0.713. The molecule has 0 amide bonds. The molecule has 0 fully saturated rings. The number of furan rings is 1. The third-order valence-electron chi connectivity index (χ3n) is 1.94. The average molecular weight is 269 g/mol. The van der Waals surface area contributed by atoms with Crippen molar-refractivity contribution in [2.75, 3.05) is 0 Å². The quantitative estimate of drug-likeness (QED) is 0.779. The van der Waals surface area contributed by atoms with Gasteiger partial charge in [0.05, 0.1) is 0 Å². The Kier molecular flexibility index (Phi) is 2.68. The Morgan fingerprint density at radius 1 is 1.27 bits per heavy atom. The summed E-state index contributed by atoms with van der Waals surface area (Å²) in [6.07, 6.45) is 0.626. The van der Waals surface area contributed by atoms with Crippen molar-refractivity contribution in [2.24, 2.45) is 0 Å². The summed E-state index contributed by atoms with van der Waals surface area (Å²) >= 11 is 3.23. The van der Waals surface area contributed by atoms with Crippen LogP contribution < -0.4 is 0 Å². The van der Waals surface area contributed by atoms with Crippen molar-refractivity contribution in [1.82, 2.24) is 0 Å². The molecular formula is C11H6BrFO2. The van der Waals surface area contributed by atoms with E-state index in [-0.39, 0.29) is 11.6 Å². The molecule has 4 heteroatoms. The number of rotatable bonds is 2. The third kappa shape index (κ3) is 1.99. The minimum absolute atomic E-state index is 0.251. The number of aldehydes is 1. The minimum Gasteiger partial charge on any atom is -0.453 e. The molecule has 2 nitrogen and oxygen atoms in total. The molecule has 0 unspecified atom stereocenters. The van der Waals surface area contributed by atoms with E-state index < -0.39 is 0 Å². The molecule has 2 rings (SSSR count).